The van der Waals surface area contributed by atoms with Crippen LogP contribution in [0.2, 0.25) is 0 Å². The first-order chi connectivity index (χ1) is 8.20. The molecule has 0 rings (SSSR count). The van der Waals surface area contributed by atoms with Crippen LogP contribution < -0.4 is 5.32 Å². The fraction of sp³-hybridized carbons (Fsp3) is 1.00. The SMILES string of the molecule is CCCNC(CCOC)CCOCCC(C)C. The summed E-state index contributed by atoms with van der Waals surface area (Å²) in [6, 6.07) is 0.536. The van der Waals surface area contributed by atoms with Gasteiger partial charge >= 0.3 is 0 Å². The number of nitrogens with one attached hydrogen (secondary N) is 1. The van der Waals surface area contributed by atoms with Crippen molar-refractivity contribution in [2.24, 2.45) is 5.92 Å². The van der Waals surface area contributed by atoms with Crippen LogP contribution in [0.25, 0.3) is 0 Å². The lowest BCUT2D eigenvalue weighted by Gasteiger charge is -2.18. The van der Waals surface area contributed by atoms with E-state index in [0.717, 1.165) is 51.5 Å². The minimum Gasteiger partial charge on any atom is -0.385 e. The lowest BCUT2D eigenvalue weighted by Crippen LogP contribution is -2.32. The van der Waals surface area contributed by atoms with Gasteiger partial charge in [0.15, 0.2) is 0 Å². The van der Waals surface area contributed by atoms with Crippen LogP contribution in [0.1, 0.15) is 46.5 Å². The standard InChI is InChI=1S/C14H31NO2/c1-5-9-15-14(7-10-16-4)8-12-17-11-6-13(2)3/h13-15H,5-12H2,1-4H3. The summed E-state index contributed by atoms with van der Waals surface area (Å²) in [7, 11) is 1.76. The van der Waals surface area contributed by atoms with E-state index >= 15 is 0 Å². The van der Waals surface area contributed by atoms with E-state index in [-0.39, 0.29) is 0 Å². The molecule has 0 heterocycles. The Bertz CT molecular complexity index is 143. The Morgan fingerprint density at radius 1 is 1.00 bits per heavy atom. The van der Waals surface area contributed by atoms with E-state index in [1.807, 2.05) is 0 Å². The second-order valence-electron chi connectivity index (χ2n) is 5.02. The van der Waals surface area contributed by atoms with Crippen LogP contribution in [0.4, 0.5) is 0 Å². The molecule has 0 saturated carbocycles. The maximum atomic E-state index is 5.65. The molecular weight excluding hydrogens is 214 g/mol. The Hall–Kier alpha value is -0.120. The summed E-state index contributed by atoms with van der Waals surface area (Å²) < 4.78 is 10.8. The number of methoxy groups -OCH3 is 1. The van der Waals surface area contributed by atoms with Gasteiger partial charge in [-0.1, -0.05) is 20.8 Å². The van der Waals surface area contributed by atoms with Crippen LogP contribution in [0, 0.1) is 5.92 Å². The fourth-order valence-electron chi connectivity index (χ4n) is 1.60. The van der Waals surface area contributed by atoms with Gasteiger partial charge in [0, 0.05) is 33.0 Å². The minimum absolute atomic E-state index is 0.536. The van der Waals surface area contributed by atoms with Gasteiger partial charge in [-0.25, -0.2) is 0 Å². The summed E-state index contributed by atoms with van der Waals surface area (Å²) in [5.41, 5.74) is 0. The zero-order valence-corrected chi connectivity index (χ0v) is 12.1. The Morgan fingerprint density at radius 3 is 2.24 bits per heavy atom. The third-order valence-corrected chi connectivity index (χ3v) is 2.80. The number of rotatable bonds is 12. The molecule has 0 aliphatic carbocycles. The minimum atomic E-state index is 0.536. The summed E-state index contributed by atoms with van der Waals surface area (Å²) in [5, 5.41) is 3.54. The van der Waals surface area contributed by atoms with Crippen LogP contribution in [-0.4, -0.2) is 39.5 Å². The number of ether oxygens (including phenoxy) is 2. The van der Waals surface area contributed by atoms with Crippen LogP contribution in [0.5, 0.6) is 0 Å². The third kappa shape index (κ3) is 12.1. The van der Waals surface area contributed by atoms with Crippen LogP contribution >= 0.6 is 0 Å². The van der Waals surface area contributed by atoms with Crippen LogP contribution in [0.15, 0.2) is 0 Å². The largest absolute Gasteiger partial charge is 0.385 e. The van der Waals surface area contributed by atoms with Gasteiger partial charge in [-0.3, -0.25) is 0 Å². The number of hydrogen-bond donors (Lipinski definition) is 1. The predicted octanol–water partition coefficient (Wildman–Crippen LogP) is 2.84. The van der Waals surface area contributed by atoms with Crippen molar-refractivity contribution in [2.75, 3.05) is 33.5 Å². The van der Waals surface area contributed by atoms with Crippen molar-refractivity contribution in [1.82, 2.24) is 5.32 Å². The highest BCUT2D eigenvalue weighted by Crippen LogP contribution is 2.02. The van der Waals surface area contributed by atoms with Gasteiger partial charge in [-0.05, 0) is 38.1 Å². The van der Waals surface area contributed by atoms with Crippen molar-refractivity contribution in [3.63, 3.8) is 0 Å². The molecule has 104 valence electrons. The van der Waals surface area contributed by atoms with E-state index in [9.17, 15) is 0 Å². The van der Waals surface area contributed by atoms with Gasteiger partial charge < -0.3 is 14.8 Å². The first-order valence-electron chi connectivity index (χ1n) is 7.00. The molecule has 3 nitrogen and oxygen atoms in total. The fourth-order valence-corrected chi connectivity index (χ4v) is 1.60. The molecule has 0 bridgehead atoms. The maximum absolute atomic E-state index is 5.65. The quantitative estimate of drug-likeness (QED) is 0.536. The molecule has 0 fully saturated rings. The Morgan fingerprint density at radius 2 is 1.65 bits per heavy atom. The highest BCUT2D eigenvalue weighted by Gasteiger charge is 2.07. The van der Waals surface area contributed by atoms with Gasteiger partial charge in [0.2, 0.25) is 0 Å². The molecule has 0 saturated heterocycles. The zero-order chi connectivity index (χ0) is 12.9. The monoisotopic (exact) mass is 245 g/mol. The summed E-state index contributed by atoms with van der Waals surface area (Å²) >= 11 is 0. The topological polar surface area (TPSA) is 30.5 Å². The first-order valence-corrected chi connectivity index (χ1v) is 7.00. The molecule has 0 aromatic carbocycles. The summed E-state index contributed by atoms with van der Waals surface area (Å²) in [4.78, 5) is 0. The first kappa shape index (κ1) is 16.9. The molecule has 0 radical (unpaired) electrons. The van der Waals surface area contributed by atoms with Crippen LogP contribution in [-0.2, 0) is 9.47 Å². The highest BCUT2D eigenvalue weighted by molar-refractivity contribution is 4.66. The Labute approximate surface area is 107 Å². The van der Waals surface area contributed by atoms with E-state index in [4.69, 9.17) is 9.47 Å². The molecule has 0 amide bonds. The Balaban J connectivity index is 3.52. The molecule has 0 spiro atoms. The van der Waals surface area contributed by atoms with E-state index in [1.54, 1.807) is 7.11 Å². The molecule has 3 heteroatoms. The predicted molar refractivity (Wildman–Crippen MR) is 73.5 cm³/mol. The lowest BCUT2D eigenvalue weighted by atomic mass is 10.1. The van der Waals surface area contributed by atoms with Crippen molar-refractivity contribution < 1.29 is 9.47 Å². The van der Waals surface area contributed by atoms with E-state index in [0.29, 0.717) is 6.04 Å². The van der Waals surface area contributed by atoms with Crippen LogP contribution in [0.3, 0.4) is 0 Å². The van der Waals surface area contributed by atoms with Crippen molar-refractivity contribution >= 4 is 0 Å². The maximum Gasteiger partial charge on any atom is 0.0480 e. The Kier molecular flexibility index (Phi) is 12.3. The average molecular weight is 245 g/mol. The molecule has 0 aromatic rings. The lowest BCUT2D eigenvalue weighted by molar-refractivity contribution is 0.108. The smallest absolute Gasteiger partial charge is 0.0480 e. The average Bonchev–Trinajstić information content (AvgIpc) is 2.30. The van der Waals surface area contributed by atoms with E-state index in [2.05, 4.69) is 26.1 Å². The van der Waals surface area contributed by atoms with E-state index < -0.39 is 0 Å². The molecule has 0 aliphatic heterocycles. The van der Waals surface area contributed by atoms with Crippen molar-refractivity contribution in [3.8, 4) is 0 Å². The summed E-state index contributed by atoms with van der Waals surface area (Å²) in [5.74, 6) is 0.734. The van der Waals surface area contributed by atoms with E-state index in [1.165, 1.54) is 6.42 Å². The van der Waals surface area contributed by atoms with Crippen molar-refractivity contribution in [3.05, 3.63) is 0 Å². The van der Waals surface area contributed by atoms with Gasteiger partial charge in [-0.15, -0.1) is 0 Å². The van der Waals surface area contributed by atoms with Gasteiger partial charge in [-0.2, -0.15) is 0 Å². The third-order valence-electron chi connectivity index (χ3n) is 2.80. The highest BCUT2D eigenvalue weighted by atomic mass is 16.5. The molecule has 1 N–H and O–H groups in total. The second kappa shape index (κ2) is 12.3. The van der Waals surface area contributed by atoms with Gasteiger partial charge in [0.05, 0.1) is 0 Å². The normalized spacial score (nSPS) is 13.2. The molecule has 0 aliphatic rings. The van der Waals surface area contributed by atoms with Gasteiger partial charge in [0.1, 0.15) is 0 Å². The summed E-state index contributed by atoms with van der Waals surface area (Å²) in [6.07, 6.45) is 4.49. The second-order valence-corrected chi connectivity index (χ2v) is 5.02. The van der Waals surface area contributed by atoms with Crippen molar-refractivity contribution in [1.29, 1.82) is 0 Å². The molecular formula is C14H31NO2. The van der Waals surface area contributed by atoms with Crippen molar-refractivity contribution in [2.45, 2.75) is 52.5 Å². The molecule has 17 heavy (non-hydrogen) atoms. The molecule has 1 unspecified atom stereocenters. The number of hydrogen-bond acceptors (Lipinski definition) is 3. The van der Waals surface area contributed by atoms with Gasteiger partial charge in [0.25, 0.3) is 0 Å². The summed E-state index contributed by atoms with van der Waals surface area (Å²) in [6.45, 7) is 10.3. The zero-order valence-electron chi connectivity index (χ0n) is 12.1. The molecule has 0 aromatic heterocycles. The molecule has 1 atom stereocenters.